The van der Waals surface area contributed by atoms with Gasteiger partial charge in [0.1, 0.15) is 0 Å². The van der Waals surface area contributed by atoms with E-state index in [2.05, 4.69) is 4.72 Å². The van der Waals surface area contributed by atoms with Crippen molar-refractivity contribution in [3.8, 4) is 0 Å². The first-order chi connectivity index (χ1) is 8.44. The van der Waals surface area contributed by atoms with Gasteiger partial charge >= 0.3 is 0 Å². The molecule has 1 heterocycles. The second kappa shape index (κ2) is 7.31. The van der Waals surface area contributed by atoms with Gasteiger partial charge < -0.3 is 4.90 Å². The molecular weight excluding hydrogens is 276 g/mol. The van der Waals surface area contributed by atoms with Crippen molar-refractivity contribution in [1.29, 1.82) is 0 Å². The van der Waals surface area contributed by atoms with Gasteiger partial charge in [-0.1, -0.05) is 0 Å². The number of halogens is 1. The van der Waals surface area contributed by atoms with E-state index in [-0.39, 0.29) is 11.9 Å². The van der Waals surface area contributed by atoms with E-state index in [1.165, 1.54) is 0 Å². The molecule has 0 bridgehead atoms. The van der Waals surface area contributed by atoms with Crippen LogP contribution in [0.15, 0.2) is 0 Å². The molecule has 7 heteroatoms. The van der Waals surface area contributed by atoms with Gasteiger partial charge in [-0.2, -0.15) is 0 Å². The summed E-state index contributed by atoms with van der Waals surface area (Å²) in [4.78, 5) is 13.8. The Balaban J connectivity index is 2.53. The van der Waals surface area contributed by atoms with E-state index in [1.807, 2.05) is 0 Å². The van der Waals surface area contributed by atoms with Crippen molar-refractivity contribution in [2.24, 2.45) is 0 Å². The SMILES string of the molecule is CS(=O)(=O)NCC1CCCCN1C(=O)CCCCl. The summed E-state index contributed by atoms with van der Waals surface area (Å²) in [6.07, 6.45) is 5.13. The number of hydrogen-bond donors (Lipinski definition) is 1. The van der Waals surface area contributed by atoms with Gasteiger partial charge in [-0.15, -0.1) is 11.6 Å². The van der Waals surface area contributed by atoms with Crippen LogP contribution in [0.2, 0.25) is 0 Å². The third kappa shape index (κ3) is 5.54. The molecule has 1 saturated heterocycles. The molecule has 1 atom stereocenters. The van der Waals surface area contributed by atoms with Crippen molar-refractivity contribution in [2.75, 3.05) is 25.2 Å². The van der Waals surface area contributed by atoms with E-state index in [4.69, 9.17) is 11.6 Å². The van der Waals surface area contributed by atoms with Crippen molar-refractivity contribution in [3.63, 3.8) is 0 Å². The summed E-state index contributed by atoms with van der Waals surface area (Å²) in [5.74, 6) is 0.557. The van der Waals surface area contributed by atoms with Crippen LogP contribution in [0.4, 0.5) is 0 Å². The third-order valence-corrected chi connectivity index (χ3v) is 4.01. The standard InChI is InChI=1S/C11H21ClN2O3S/c1-18(16,17)13-9-10-5-2-3-8-14(10)11(15)6-4-7-12/h10,13H,2-9H2,1H3. The number of carbonyl (C=O) groups is 1. The fourth-order valence-corrected chi connectivity index (χ4v) is 2.78. The molecule has 5 nitrogen and oxygen atoms in total. The highest BCUT2D eigenvalue weighted by Crippen LogP contribution is 2.18. The zero-order chi connectivity index (χ0) is 13.6. The highest BCUT2D eigenvalue weighted by atomic mass is 35.5. The van der Waals surface area contributed by atoms with E-state index in [1.54, 1.807) is 4.90 Å². The lowest BCUT2D eigenvalue weighted by atomic mass is 10.0. The number of rotatable bonds is 6. The fraction of sp³-hybridized carbons (Fsp3) is 0.909. The number of amides is 1. The summed E-state index contributed by atoms with van der Waals surface area (Å²) in [7, 11) is -3.20. The molecule has 0 aromatic rings. The summed E-state index contributed by atoms with van der Waals surface area (Å²) < 4.78 is 24.7. The summed E-state index contributed by atoms with van der Waals surface area (Å²) in [5.41, 5.74) is 0. The minimum atomic E-state index is -3.20. The van der Waals surface area contributed by atoms with Crippen LogP contribution in [0, 0.1) is 0 Å². The second-order valence-electron chi connectivity index (χ2n) is 4.65. The molecule has 1 aliphatic heterocycles. The molecular formula is C11H21ClN2O3S. The van der Waals surface area contributed by atoms with Gasteiger partial charge in [0.15, 0.2) is 0 Å². The number of carbonyl (C=O) groups excluding carboxylic acids is 1. The molecule has 1 amide bonds. The molecule has 1 rings (SSSR count). The smallest absolute Gasteiger partial charge is 0.222 e. The average Bonchev–Trinajstić information content (AvgIpc) is 2.33. The molecule has 1 N–H and O–H groups in total. The van der Waals surface area contributed by atoms with Gasteiger partial charge in [0, 0.05) is 31.4 Å². The second-order valence-corrected chi connectivity index (χ2v) is 6.86. The monoisotopic (exact) mass is 296 g/mol. The molecule has 0 aliphatic carbocycles. The van der Waals surface area contributed by atoms with Crippen molar-refractivity contribution in [2.45, 2.75) is 38.1 Å². The predicted molar refractivity (Wildman–Crippen MR) is 72.2 cm³/mol. The molecule has 0 aromatic heterocycles. The van der Waals surface area contributed by atoms with Crippen LogP contribution in [-0.4, -0.2) is 50.5 Å². The molecule has 0 spiro atoms. The quantitative estimate of drug-likeness (QED) is 0.742. The van der Waals surface area contributed by atoms with E-state index < -0.39 is 10.0 Å². The molecule has 0 aromatic carbocycles. The highest BCUT2D eigenvalue weighted by Gasteiger charge is 2.26. The Hall–Kier alpha value is -0.330. The van der Waals surface area contributed by atoms with Gasteiger partial charge in [-0.3, -0.25) is 4.79 Å². The largest absolute Gasteiger partial charge is 0.338 e. The van der Waals surface area contributed by atoms with Crippen LogP contribution < -0.4 is 4.72 Å². The maximum atomic E-state index is 12.0. The van der Waals surface area contributed by atoms with E-state index >= 15 is 0 Å². The predicted octanol–water partition coefficient (Wildman–Crippen LogP) is 0.936. The van der Waals surface area contributed by atoms with Crippen LogP contribution >= 0.6 is 11.6 Å². The molecule has 18 heavy (non-hydrogen) atoms. The van der Waals surface area contributed by atoms with Crippen molar-refractivity contribution in [1.82, 2.24) is 9.62 Å². The van der Waals surface area contributed by atoms with Crippen LogP contribution in [0.5, 0.6) is 0 Å². The molecule has 1 unspecified atom stereocenters. The Kier molecular flexibility index (Phi) is 6.38. The Morgan fingerprint density at radius 2 is 2.17 bits per heavy atom. The average molecular weight is 297 g/mol. The number of nitrogens with zero attached hydrogens (tertiary/aromatic N) is 1. The minimum Gasteiger partial charge on any atom is -0.338 e. The van der Waals surface area contributed by atoms with Crippen LogP contribution in [0.1, 0.15) is 32.1 Å². The summed E-state index contributed by atoms with van der Waals surface area (Å²) in [6.45, 7) is 1.03. The number of sulfonamides is 1. The summed E-state index contributed by atoms with van der Waals surface area (Å²) in [5, 5.41) is 0. The Bertz CT molecular complexity index is 372. The molecule has 1 fully saturated rings. The first-order valence-electron chi connectivity index (χ1n) is 6.24. The third-order valence-electron chi connectivity index (χ3n) is 3.05. The molecule has 0 radical (unpaired) electrons. The molecule has 106 valence electrons. The van der Waals surface area contributed by atoms with Gasteiger partial charge in [0.05, 0.1) is 6.26 Å². The zero-order valence-corrected chi connectivity index (χ0v) is 12.3. The number of nitrogens with one attached hydrogen (secondary N) is 1. The van der Waals surface area contributed by atoms with Crippen LogP contribution in [0.3, 0.4) is 0 Å². The van der Waals surface area contributed by atoms with Gasteiger partial charge in [-0.05, 0) is 25.7 Å². The first kappa shape index (κ1) is 15.7. The number of likely N-dealkylation sites (tertiary alicyclic amines) is 1. The topological polar surface area (TPSA) is 66.5 Å². The van der Waals surface area contributed by atoms with Gasteiger partial charge in [0.25, 0.3) is 0 Å². The normalized spacial score (nSPS) is 21.0. The summed E-state index contributed by atoms with van der Waals surface area (Å²) in [6, 6.07) is -0.0173. The molecule has 1 aliphatic rings. The Labute approximate surface area is 114 Å². The van der Waals surface area contributed by atoms with Crippen LogP contribution in [0.25, 0.3) is 0 Å². The first-order valence-corrected chi connectivity index (χ1v) is 8.66. The maximum Gasteiger partial charge on any atom is 0.222 e. The van der Waals surface area contributed by atoms with Crippen LogP contribution in [-0.2, 0) is 14.8 Å². The lowest BCUT2D eigenvalue weighted by Gasteiger charge is -2.35. The number of piperidine rings is 1. The van der Waals surface area contributed by atoms with E-state index in [0.29, 0.717) is 25.3 Å². The van der Waals surface area contributed by atoms with Crippen molar-refractivity contribution in [3.05, 3.63) is 0 Å². The van der Waals surface area contributed by atoms with Gasteiger partial charge in [0.2, 0.25) is 15.9 Å². The Morgan fingerprint density at radius 1 is 1.44 bits per heavy atom. The van der Waals surface area contributed by atoms with Gasteiger partial charge in [-0.25, -0.2) is 13.1 Å². The zero-order valence-electron chi connectivity index (χ0n) is 10.7. The van der Waals surface area contributed by atoms with E-state index in [9.17, 15) is 13.2 Å². The minimum absolute atomic E-state index is 0.0173. The van der Waals surface area contributed by atoms with Crippen molar-refractivity contribution < 1.29 is 13.2 Å². The number of hydrogen-bond acceptors (Lipinski definition) is 3. The van der Waals surface area contributed by atoms with Crippen molar-refractivity contribution >= 4 is 27.5 Å². The Morgan fingerprint density at radius 3 is 2.78 bits per heavy atom. The maximum absolute atomic E-state index is 12.0. The number of alkyl halides is 1. The van der Waals surface area contributed by atoms with E-state index in [0.717, 1.165) is 32.1 Å². The summed E-state index contributed by atoms with van der Waals surface area (Å²) >= 11 is 5.58. The lowest BCUT2D eigenvalue weighted by Crippen LogP contribution is -2.49. The highest BCUT2D eigenvalue weighted by molar-refractivity contribution is 7.88. The lowest BCUT2D eigenvalue weighted by molar-refractivity contribution is -0.134. The fourth-order valence-electron chi connectivity index (χ4n) is 2.15. The molecule has 0 saturated carbocycles.